The standard InChI is InChI=1S/C20H11NO/c22-18-7-3-5-13-11-17-16(19(13)18)10-14-9-8-12-4-1-2-6-15(12)20(14)21-17/h1-11H. The van der Waals surface area contributed by atoms with Gasteiger partial charge >= 0.3 is 0 Å². The molecule has 0 unspecified atom stereocenters. The first-order chi connectivity index (χ1) is 10.8. The molecular weight excluding hydrogens is 270 g/mol. The molecule has 1 aromatic heterocycles. The summed E-state index contributed by atoms with van der Waals surface area (Å²) in [6, 6.07) is 14.5. The molecule has 102 valence electrons. The van der Waals surface area contributed by atoms with Crippen LogP contribution >= 0.6 is 0 Å². The zero-order valence-corrected chi connectivity index (χ0v) is 11.7. The molecule has 0 atom stereocenters. The minimum atomic E-state index is 0.0643. The van der Waals surface area contributed by atoms with Crippen molar-refractivity contribution in [1.82, 2.24) is 4.98 Å². The molecule has 2 aliphatic carbocycles. The van der Waals surface area contributed by atoms with Crippen molar-refractivity contribution in [3.05, 3.63) is 76.8 Å². The predicted molar refractivity (Wildman–Crippen MR) is 88.6 cm³/mol. The van der Waals surface area contributed by atoms with Crippen molar-refractivity contribution in [3.8, 4) is 0 Å². The first kappa shape index (κ1) is 11.6. The Morgan fingerprint density at radius 1 is 0.955 bits per heavy atom. The van der Waals surface area contributed by atoms with Crippen molar-refractivity contribution < 1.29 is 4.79 Å². The van der Waals surface area contributed by atoms with E-state index in [2.05, 4.69) is 30.3 Å². The zero-order chi connectivity index (χ0) is 14.7. The molecule has 0 bridgehead atoms. The van der Waals surface area contributed by atoms with Crippen molar-refractivity contribution in [2.45, 2.75) is 0 Å². The maximum Gasteiger partial charge on any atom is 0.187 e. The first-order valence-electron chi connectivity index (χ1n) is 7.29. The molecule has 2 heteroatoms. The Hall–Kier alpha value is -3.00. The molecule has 0 saturated heterocycles. The molecule has 0 aliphatic heterocycles. The number of ketones is 1. The van der Waals surface area contributed by atoms with Gasteiger partial charge in [-0.15, -0.1) is 0 Å². The molecule has 2 aromatic carbocycles. The molecule has 0 fully saturated rings. The highest BCUT2D eigenvalue weighted by Gasteiger charge is 2.20. The van der Waals surface area contributed by atoms with E-state index in [0.29, 0.717) is 0 Å². The summed E-state index contributed by atoms with van der Waals surface area (Å²) in [6.07, 6.45) is 7.40. The lowest BCUT2D eigenvalue weighted by Gasteiger charge is -2.05. The van der Waals surface area contributed by atoms with Gasteiger partial charge in [-0.25, -0.2) is 4.98 Å². The Morgan fingerprint density at radius 2 is 1.82 bits per heavy atom. The van der Waals surface area contributed by atoms with Gasteiger partial charge in [0.2, 0.25) is 0 Å². The van der Waals surface area contributed by atoms with Crippen molar-refractivity contribution in [2.75, 3.05) is 0 Å². The lowest BCUT2D eigenvalue weighted by atomic mass is 9.98. The number of hydrogen-bond donors (Lipinski definition) is 0. The third-order valence-electron chi connectivity index (χ3n) is 4.36. The first-order valence-corrected chi connectivity index (χ1v) is 7.29. The molecule has 0 spiro atoms. The molecular formula is C20H11NO. The van der Waals surface area contributed by atoms with Crippen LogP contribution in [-0.4, -0.2) is 10.8 Å². The number of rotatable bonds is 0. The largest absolute Gasteiger partial charge is 0.289 e. The minimum absolute atomic E-state index is 0.0643. The van der Waals surface area contributed by atoms with Crippen molar-refractivity contribution in [1.29, 1.82) is 0 Å². The summed E-state index contributed by atoms with van der Waals surface area (Å²) in [7, 11) is 0. The summed E-state index contributed by atoms with van der Waals surface area (Å²) < 4.78 is 0. The van der Waals surface area contributed by atoms with Crippen LogP contribution in [0.5, 0.6) is 0 Å². The quantitative estimate of drug-likeness (QED) is 0.592. The highest BCUT2D eigenvalue weighted by atomic mass is 16.1. The topological polar surface area (TPSA) is 30.0 Å². The van der Waals surface area contributed by atoms with Gasteiger partial charge in [0.25, 0.3) is 0 Å². The van der Waals surface area contributed by atoms with E-state index in [9.17, 15) is 4.79 Å². The Labute approximate surface area is 126 Å². The maximum atomic E-state index is 12.2. The lowest BCUT2D eigenvalue weighted by Crippen LogP contribution is -2.28. The van der Waals surface area contributed by atoms with Gasteiger partial charge in [-0.2, -0.15) is 0 Å². The molecule has 3 aromatic rings. The summed E-state index contributed by atoms with van der Waals surface area (Å²) in [5.74, 6) is 0.0643. The maximum absolute atomic E-state index is 12.2. The number of benzene rings is 2. The highest BCUT2D eigenvalue weighted by Crippen LogP contribution is 2.24. The van der Waals surface area contributed by atoms with Crippen LogP contribution in [0.3, 0.4) is 0 Å². The van der Waals surface area contributed by atoms with E-state index in [1.165, 1.54) is 5.39 Å². The number of carbonyl (C=O) groups is 1. The molecule has 0 amide bonds. The van der Waals surface area contributed by atoms with E-state index >= 15 is 0 Å². The summed E-state index contributed by atoms with van der Waals surface area (Å²) in [5.41, 5.74) is 2.74. The molecule has 2 nitrogen and oxygen atoms in total. The fourth-order valence-electron chi connectivity index (χ4n) is 3.34. The van der Waals surface area contributed by atoms with Crippen molar-refractivity contribution in [2.24, 2.45) is 0 Å². The molecule has 2 aliphatic rings. The van der Waals surface area contributed by atoms with Gasteiger partial charge in [-0.1, -0.05) is 48.6 Å². The summed E-state index contributed by atoms with van der Waals surface area (Å²) in [5, 5.41) is 5.24. The number of nitrogens with zero attached hydrogens (tertiary/aromatic N) is 1. The van der Waals surface area contributed by atoms with Crippen molar-refractivity contribution in [3.63, 3.8) is 0 Å². The summed E-state index contributed by atoms with van der Waals surface area (Å²) in [6.45, 7) is 0. The number of carbonyl (C=O) groups excluding carboxylic acids is 1. The smallest absolute Gasteiger partial charge is 0.187 e. The average Bonchev–Trinajstić information content (AvgIpc) is 2.91. The van der Waals surface area contributed by atoms with Crippen LogP contribution in [0, 0.1) is 0 Å². The summed E-state index contributed by atoms with van der Waals surface area (Å²) >= 11 is 0. The minimum Gasteiger partial charge on any atom is -0.289 e. The Kier molecular flexibility index (Phi) is 2.12. The van der Waals surface area contributed by atoms with Crippen LogP contribution in [-0.2, 0) is 4.79 Å². The average molecular weight is 281 g/mol. The molecule has 1 heterocycles. The van der Waals surface area contributed by atoms with Gasteiger partial charge in [0.1, 0.15) is 0 Å². The number of allylic oxidation sites excluding steroid dienone is 4. The van der Waals surface area contributed by atoms with Gasteiger partial charge in [-0.05, 0) is 29.2 Å². The number of fused-ring (bicyclic) bond motifs is 5. The molecule has 0 N–H and O–H groups in total. The normalized spacial score (nSPS) is 15.7. The van der Waals surface area contributed by atoms with Crippen LogP contribution in [0.15, 0.2) is 66.3 Å². The van der Waals surface area contributed by atoms with Crippen LogP contribution in [0.1, 0.15) is 0 Å². The van der Waals surface area contributed by atoms with Gasteiger partial charge in [0.15, 0.2) is 5.78 Å². The van der Waals surface area contributed by atoms with Crippen LogP contribution in [0.2, 0.25) is 0 Å². The van der Waals surface area contributed by atoms with Crippen molar-refractivity contribution >= 4 is 39.1 Å². The lowest BCUT2D eigenvalue weighted by molar-refractivity contribution is -0.109. The fraction of sp³-hybridized carbons (Fsp3) is 0. The van der Waals surface area contributed by atoms with Gasteiger partial charge in [0.05, 0.1) is 10.9 Å². The molecule has 0 radical (unpaired) electrons. The fourth-order valence-corrected chi connectivity index (χ4v) is 3.34. The third kappa shape index (κ3) is 1.44. The second kappa shape index (κ2) is 4.01. The number of pyridine rings is 1. The summed E-state index contributed by atoms with van der Waals surface area (Å²) in [4.78, 5) is 17.0. The van der Waals surface area contributed by atoms with E-state index in [4.69, 9.17) is 4.98 Å². The monoisotopic (exact) mass is 281 g/mol. The van der Waals surface area contributed by atoms with Gasteiger partial charge in [-0.3, -0.25) is 4.79 Å². The predicted octanol–water partition coefficient (Wildman–Crippen LogP) is 2.40. The second-order valence-electron chi connectivity index (χ2n) is 5.64. The van der Waals surface area contributed by atoms with E-state index in [1.807, 2.05) is 24.3 Å². The Bertz CT molecular complexity index is 1180. The van der Waals surface area contributed by atoms with Crippen LogP contribution < -0.4 is 10.6 Å². The van der Waals surface area contributed by atoms with E-state index < -0.39 is 0 Å². The molecule has 0 saturated carbocycles. The zero-order valence-electron chi connectivity index (χ0n) is 11.7. The molecule has 5 rings (SSSR count). The number of aromatic nitrogens is 1. The second-order valence-corrected chi connectivity index (χ2v) is 5.64. The Balaban J connectivity index is 2.00. The van der Waals surface area contributed by atoms with Crippen LogP contribution in [0.25, 0.3) is 33.3 Å². The number of hydrogen-bond acceptors (Lipinski definition) is 2. The van der Waals surface area contributed by atoms with Gasteiger partial charge in [0, 0.05) is 21.6 Å². The molecule has 22 heavy (non-hydrogen) atoms. The SMILES string of the molecule is O=C1C=CC=C2C=c3nc4c(ccc5ccccc54)cc3=C12. The van der Waals surface area contributed by atoms with Gasteiger partial charge < -0.3 is 0 Å². The van der Waals surface area contributed by atoms with E-state index in [0.717, 1.165) is 38.0 Å². The third-order valence-corrected chi connectivity index (χ3v) is 4.36. The Morgan fingerprint density at radius 3 is 2.77 bits per heavy atom. The van der Waals surface area contributed by atoms with Crippen LogP contribution in [0.4, 0.5) is 0 Å². The highest BCUT2D eigenvalue weighted by molar-refractivity contribution is 6.29. The van der Waals surface area contributed by atoms with E-state index in [1.54, 1.807) is 12.2 Å². The van der Waals surface area contributed by atoms with E-state index in [-0.39, 0.29) is 5.78 Å².